The Balaban J connectivity index is 1.54. The van der Waals surface area contributed by atoms with Crippen LogP contribution in [0.1, 0.15) is 18.7 Å². The van der Waals surface area contributed by atoms with E-state index in [9.17, 15) is 9.59 Å². The van der Waals surface area contributed by atoms with E-state index < -0.39 is 0 Å². The third kappa shape index (κ3) is 2.38. The molecule has 2 amide bonds. The van der Waals surface area contributed by atoms with E-state index in [2.05, 4.69) is 4.98 Å². The Kier molecular flexibility index (Phi) is 3.33. The third-order valence-corrected chi connectivity index (χ3v) is 4.50. The molecule has 5 heteroatoms. The van der Waals surface area contributed by atoms with Gasteiger partial charge in [-0.2, -0.15) is 0 Å². The van der Waals surface area contributed by atoms with Crippen LogP contribution in [-0.4, -0.2) is 21.7 Å². The molecule has 5 nitrogen and oxygen atoms in total. The van der Waals surface area contributed by atoms with Crippen LogP contribution in [0.25, 0.3) is 11.3 Å². The van der Waals surface area contributed by atoms with Crippen molar-refractivity contribution in [1.29, 1.82) is 0 Å². The number of amides is 2. The van der Waals surface area contributed by atoms with Gasteiger partial charge in [0, 0.05) is 5.56 Å². The van der Waals surface area contributed by atoms with Crippen LogP contribution in [-0.2, 0) is 16.1 Å². The summed E-state index contributed by atoms with van der Waals surface area (Å²) in [5.74, 6) is 0.385. The molecule has 0 spiro atoms. The van der Waals surface area contributed by atoms with Gasteiger partial charge in [-0.3, -0.25) is 14.5 Å². The number of hydrogen-bond acceptors (Lipinski definition) is 4. The molecule has 116 valence electrons. The zero-order chi connectivity index (χ0) is 15.8. The van der Waals surface area contributed by atoms with E-state index in [1.54, 1.807) is 6.20 Å². The molecule has 1 saturated heterocycles. The Bertz CT molecular complexity index is 753. The summed E-state index contributed by atoms with van der Waals surface area (Å²) < 4.78 is 5.71. The highest BCUT2D eigenvalue weighted by molar-refractivity contribution is 6.05. The maximum absolute atomic E-state index is 12.4. The minimum atomic E-state index is -0.212. The second kappa shape index (κ2) is 5.50. The molecule has 0 unspecified atom stereocenters. The fourth-order valence-electron chi connectivity index (χ4n) is 3.28. The molecule has 1 aromatic heterocycles. The summed E-state index contributed by atoms with van der Waals surface area (Å²) in [5.41, 5.74) is 0.920. The number of imide groups is 1. The predicted octanol–water partition coefficient (Wildman–Crippen LogP) is 2.79. The van der Waals surface area contributed by atoms with Crippen molar-refractivity contribution in [3.8, 4) is 11.3 Å². The fraction of sp³-hybridized carbons (Fsp3) is 0.278. The van der Waals surface area contributed by atoms with E-state index in [0.717, 1.165) is 5.56 Å². The van der Waals surface area contributed by atoms with E-state index in [-0.39, 0.29) is 30.2 Å². The molecular formula is C18H16N2O3. The first-order chi connectivity index (χ1) is 11.2. The molecule has 1 aliphatic heterocycles. The maximum Gasteiger partial charge on any atom is 0.233 e. The van der Waals surface area contributed by atoms with Crippen LogP contribution in [0, 0.1) is 11.8 Å². The van der Waals surface area contributed by atoms with Gasteiger partial charge in [0.25, 0.3) is 0 Å². The average molecular weight is 308 g/mol. The lowest BCUT2D eigenvalue weighted by Crippen LogP contribution is -2.30. The lowest BCUT2D eigenvalue weighted by Gasteiger charge is -2.14. The third-order valence-electron chi connectivity index (χ3n) is 4.50. The number of oxazole rings is 1. The topological polar surface area (TPSA) is 63.4 Å². The first kappa shape index (κ1) is 13.9. The molecule has 0 bridgehead atoms. The highest BCUT2D eigenvalue weighted by Gasteiger charge is 2.47. The largest absolute Gasteiger partial charge is 0.439 e. The Morgan fingerprint density at radius 3 is 2.35 bits per heavy atom. The van der Waals surface area contributed by atoms with E-state index in [1.807, 2.05) is 42.5 Å². The first-order valence-electron chi connectivity index (χ1n) is 7.74. The summed E-state index contributed by atoms with van der Waals surface area (Å²) >= 11 is 0. The van der Waals surface area contributed by atoms with Gasteiger partial charge in [0.15, 0.2) is 5.76 Å². The summed E-state index contributed by atoms with van der Waals surface area (Å²) in [7, 11) is 0. The molecule has 1 fully saturated rings. The maximum atomic E-state index is 12.4. The first-order valence-corrected chi connectivity index (χ1v) is 7.74. The van der Waals surface area contributed by atoms with Gasteiger partial charge in [-0.05, 0) is 12.8 Å². The van der Waals surface area contributed by atoms with Gasteiger partial charge in [0.1, 0.15) is 6.54 Å². The van der Waals surface area contributed by atoms with Gasteiger partial charge in [0.05, 0.1) is 18.0 Å². The van der Waals surface area contributed by atoms with Crippen LogP contribution < -0.4 is 0 Å². The molecule has 2 heterocycles. The molecule has 1 aromatic carbocycles. The van der Waals surface area contributed by atoms with Crippen LogP contribution >= 0.6 is 0 Å². The molecule has 4 rings (SSSR count). The Hall–Kier alpha value is -2.69. The summed E-state index contributed by atoms with van der Waals surface area (Å²) in [6.45, 7) is 0.109. The van der Waals surface area contributed by atoms with Gasteiger partial charge in [-0.1, -0.05) is 42.5 Å². The average Bonchev–Trinajstić information content (AvgIpc) is 3.16. The van der Waals surface area contributed by atoms with Gasteiger partial charge >= 0.3 is 0 Å². The molecule has 0 radical (unpaired) electrons. The van der Waals surface area contributed by atoms with E-state index in [4.69, 9.17) is 4.42 Å². The van der Waals surface area contributed by atoms with E-state index >= 15 is 0 Å². The second-order valence-corrected chi connectivity index (χ2v) is 5.90. The highest BCUT2D eigenvalue weighted by Crippen LogP contribution is 2.35. The fourth-order valence-corrected chi connectivity index (χ4v) is 3.28. The number of carbonyl (C=O) groups is 2. The van der Waals surface area contributed by atoms with Crippen LogP contribution in [0.2, 0.25) is 0 Å². The smallest absolute Gasteiger partial charge is 0.233 e. The van der Waals surface area contributed by atoms with Crippen molar-refractivity contribution in [2.45, 2.75) is 19.4 Å². The van der Waals surface area contributed by atoms with Crippen molar-refractivity contribution >= 4 is 11.8 Å². The summed E-state index contributed by atoms with van der Waals surface area (Å²) in [6.07, 6.45) is 6.88. The number of aromatic nitrogens is 1. The van der Waals surface area contributed by atoms with Gasteiger partial charge in [-0.15, -0.1) is 0 Å². The Morgan fingerprint density at radius 2 is 1.70 bits per heavy atom. The SMILES string of the molecule is O=C1[C@@H]2CC=CC[C@H]2C(=O)N1Cc1ncc(-c2ccccc2)o1. The number of rotatable bonds is 3. The molecule has 0 saturated carbocycles. The second-order valence-electron chi connectivity index (χ2n) is 5.90. The molecule has 2 aromatic rings. The van der Waals surface area contributed by atoms with Crippen LogP contribution in [0.5, 0.6) is 0 Å². The normalized spacial score (nSPS) is 23.4. The summed E-state index contributed by atoms with van der Waals surface area (Å²) in [5, 5.41) is 0. The molecular weight excluding hydrogens is 292 g/mol. The van der Waals surface area contributed by atoms with Gasteiger partial charge < -0.3 is 4.42 Å². The van der Waals surface area contributed by atoms with Gasteiger partial charge in [0.2, 0.25) is 17.7 Å². The van der Waals surface area contributed by atoms with Crippen molar-refractivity contribution in [3.05, 3.63) is 54.6 Å². The highest BCUT2D eigenvalue weighted by atomic mass is 16.4. The van der Waals surface area contributed by atoms with Crippen LogP contribution in [0.3, 0.4) is 0 Å². The quantitative estimate of drug-likeness (QED) is 0.646. The van der Waals surface area contributed by atoms with E-state index in [1.165, 1.54) is 4.90 Å². The number of carbonyl (C=O) groups excluding carboxylic acids is 2. The monoisotopic (exact) mass is 308 g/mol. The van der Waals surface area contributed by atoms with Crippen molar-refractivity contribution in [1.82, 2.24) is 9.88 Å². The van der Waals surface area contributed by atoms with Crippen LogP contribution in [0.4, 0.5) is 0 Å². The number of benzene rings is 1. The van der Waals surface area contributed by atoms with Crippen molar-refractivity contribution in [2.24, 2.45) is 11.8 Å². The molecule has 2 atom stereocenters. The van der Waals surface area contributed by atoms with Crippen molar-refractivity contribution in [2.75, 3.05) is 0 Å². The van der Waals surface area contributed by atoms with Gasteiger partial charge in [-0.25, -0.2) is 4.98 Å². The van der Waals surface area contributed by atoms with Crippen molar-refractivity contribution < 1.29 is 14.0 Å². The minimum Gasteiger partial charge on any atom is -0.439 e. The minimum absolute atomic E-state index is 0.108. The zero-order valence-corrected chi connectivity index (χ0v) is 12.5. The molecule has 23 heavy (non-hydrogen) atoms. The number of hydrogen-bond donors (Lipinski definition) is 0. The molecule has 2 aliphatic rings. The zero-order valence-electron chi connectivity index (χ0n) is 12.5. The van der Waals surface area contributed by atoms with Crippen molar-refractivity contribution in [3.63, 3.8) is 0 Å². The number of nitrogens with zero attached hydrogens (tertiary/aromatic N) is 2. The predicted molar refractivity (Wildman–Crippen MR) is 82.9 cm³/mol. The Morgan fingerprint density at radius 1 is 1.04 bits per heavy atom. The Labute approximate surface area is 133 Å². The summed E-state index contributed by atoms with van der Waals surface area (Å²) in [4.78, 5) is 30.4. The number of allylic oxidation sites excluding steroid dienone is 2. The van der Waals surface area contributed by atoms with E-state index in [0.29, 0.717) is 24.5 Å². The lowest BCUT2D eigenvalue weighted by molar-refractivity contribution is -0.140. The number of likely N-dealkylation sites (tertiary alicyclic amines) is 1. The molecule has 1 aliphatic carbocycles. The summed E-state index contributed by atoms with van der Waals surface area (Å²) in [6, 6.07) is 9.62. The molecule has 0 N–H and O–H groups in total. The number of fused-ring (bicyclic) bond motifs is 1. The standard InChI is InChI=1S/C18H16N2O3/c21-17-13-8-4-5-9-14(13)18(22)20(17)11-16-19-10-15(23-16)12-6-2-1-3-7-12/h1-7,10,13-14H,8-9,11H2/t13-,14-/m1/s1. The van der Waals surface area contributed by atoms with Crippen LogP contribution in [0.15, 0.2) is 53.1 Å². The lowest BCUT2D eigenvalue weighted by atomic mass is 9.85.